The fourth-order valence-corrected chi connectivity index (χ4v) is 2.48. The van der Waals surface area contributed by atoms with Gasteiger partial charge in [-0.15, -0.1) is 0 Å². The summed E-state index contributed by atoms with van der Waals surface area (Å²) in [7, 11) is 0. The molecule has 1 heterocycles. The van der Waals surface area contributed by atoms with Crippen molar-refractivity contribution in [3.63, 3.8) is 0 Å². The van der Waals surface area contributed by atoms with Gasteiger partial charge < -0.3 is 14.8 Å². The normalized spacial score (nSPS) is 20.5. The van der Waals surface area contributed by atoms with E-state index in [1.807, 2.05) is 0 Å². The number of hydrogen-bond donors (Lipinski definition) is 1. The van der Waals surface area contributed by atoms with Crippen LogP contribution < -0.4 is 10.1 Å². The van der Waals surface area contributed by atoms with Gasteiger partial charge in [-0.05, 0) is 25.8 Å². The molecule has 3 rings (SSSR count). The first-order chi connectivity index (χ1) is 9.31. The average Bonchev–Trinajstić information content (AvgIpc) is 3.24. The summed E-state index contributed by atoms with van der Waals surface area (Å²) in [4.78, 5) is 0. The molecule has 0 atom stereocenters. The van der Waals surface area contributed by atoms with Crippen molar-refractivity contribution in [2.45, 2.75) is 51.3 Å². The molecule has 104 valence electrons. The second-order valence-electron chi connectivity index (χ2n) is 5.70. The molecule has 1 N–H and O–H groups in total. The Morgan fingerprint density at radius 2 is 2.00 bits per heavy atom. The molecule has 1 aromatic carbocycles. The van der Waals surface area contributed by atoms with Gasteiger partial charge in [0.1, 0.15) is 11.9 Å². The van der Waals surface area contributed by atoms with Crippen LogP contribution in [0.5, 0.6) is 5.75 Å². The van der Waals surface area contributed by atoms with Crippen molar-refractivity contribution < 1.29 is 9.47 Å². The Morgan fingerprint density at radius 1 is 1.21 bits per heavy atom. The fourth-order valence-electron chi connectivity index (χ4n) is 2.48. The fraction of sp³-hybridized carbons (Fsp3) is 0.625. The van der Waals surface area contributed by atoms with Gasteiger partial charge in [-0.25, -0.2) is 0 Å². The highest BCUT2D eigenvalue weighted by Gasteiger charge is 2.21. The predicted molar refractivity (Wildman–Crippen MR) is 75.5 cm³/mol. The SMILES string of the molecule is Cc1ccc(OC2CCOCC2)c(CNC2CC2)c1. The number of nitrogens with one attached hydrogen (secondary N) is 1. The van der Waals surface area contributed by atoms with Crippen molar-refractivity contribution in [3.05, 3.63) is 29.3 Å². The molecule has 1 saturated heterocycles. The summed E-state index contributed by atoms with van der Waals surface area (Å²) in [5.41, 5.74) is 2.59. The van der Waals surface area contributed by atoms with E-state index in [-0.39, 0.29) is 0 Å². The molecule has 0 aromatic heterocycles. The highest BCUT2D eigenvalue weighted by atomic mass is 16.5. The van der Waals surface area contributed by atoms with Gasteiger partial charge >= 0.3 is 0 Å². The zero-order chi connectivity index (χ0) is 13.1. The maximum Gasteiger partial charge on any atom is 0.124 e. The van der Waals surface area contributed by atoms with Crippen LogP contribution in [0.15, 0.2) is 18.2 Å². The highest BCUT2D eigenvalue weighted by molar-refractivity contribution is 5.37. The van der Waals surface area contributed by atoms with Crippen molar-refractivity contribution >= 4 is 0 Å². The van der Waals surface area contributed by atoms with E-state index in [2.05, 4.69) is 30.4 Å². The number of benzene rings is 1. The van der Waals surface area contributed by atoms with Gasteiger partial charge in [0.05, 0.1) is 13.2 Å². The Kier molecular flexibility index (Phi) is 4.04. The van der Waals surface area contributed by atoms with Gasteiger partial charge in [0, 0.05) is 31.0 Å². The van der Waals surface area contributed by atoms with Crippen LogP contribution in [0.3, 0.4) is 0 Å². The van der Waals surface area contributed by atoms with E-state index >= 15 is 0 Å². The minimum atomic E-state index is 0.316. The summed E-state index contributed by atoms with van der Waals surface area (Å²) in [6, 6.07) is 7.23. The van der Waals surface area contributed by atoms with Crippen molar-refractivity contribution in [1.29, 1.82) is 0 Å². The summed E-state index contributed by atoms with van der Waals surface area (Å²) in [5, 5.41) is 3.57. The third-order valence-corrected chi connectivity index (χ3v) is 3.84. The van der Waals surface area contributed by atoms with Crippen molar-refractivity contribution in [2.24, 2.45) is 0 Å². The van der Waals surface area contributed by atoms with Gasteiger partial charge in [-0.1, -0.05) is 17.7 Å². The van der Waals surface area contributed by atoms with E-state index < -0.39 is 0 Å². The van der Waals surface area contributed by atoms with Crippen LogP contribution in [-0.4, -0.2) is 25.4 Å². The third kappa shape index (κ3) is 3.71. The number of ether oxygens (including phenoxy) is 2. The summed E-state index contributed by atoms with van der Waals surface area (Å²) >= 11 is 0. The topological polar surface area (TPSA) is 30.5 Å². The second kappa shape index (κ2) is 5.93. The van der Waals surface area contributed by atoms with Gasteiger partial charge in [0.2, 0.25) is 0 Å². The predicted octanol–water partition coefficient (Wildman–Crippen LogP) is 2.80. The molecule has 1 aliphatic heterocycles. The molecule has 1 aromatic rings. The van der Waals surface area contributed by atoms with Gasteiger partial charge in [0.15, 0.2) is 0 Å². The zero-order valence-corrected chi connectivity index (χ0v) is 11.7. The molecule has 19 heavy (non-hydrogen) atoms. The Morgan fingerprint density at radius 3 is 2.74 bits per heavy atom. The number of hydrogen-bond acceptors (Lipinski definition) is 3. The van der Waals surface area contributed by atoms with E-state index in [4.69, 9.17) is 9.47 Å². The highest BCUT2D eigenvalue weighted by Crippen LogP contribution is 2.26. The lowest BCUT2D eigenvalue weighted by molar-refractivity contribution is 0.0251. The maximum absolute atomic E-state index is 6.17. The van der Waals surface area contributed by atoms with E-state index in [0.717, 1.165) is 44.4 Å². The summed E-state index contributed by atoms with van der Waals surface area (Å²) in [5.74, 6) is 1.05. The second-order valence-corrected chi connectivity index (χ2v) is 5.70. The van der Waals surface area contributed by atoms with Crippen LogP contribution >= 0.6 is 0 Å². The molecule has 3 nitrogen and oxygen atoms in total. The summed E-state index contributed by atoms with van der Waals surface area (Å²) in [6.45, 7) is 4.71. The van der Waals surface area contributed by atoms with Crippen LogP contribution in [0.25, 0.3) is 0 Å². The molecule has 0 amide bonds. The van der Waals surface area contributed by atoms with Crippen LogP contribution in [0.4, 0.5) is 0 Å². The molecular weight excluding hydrogens is 238 g/mol. The smallest absolute Gasteiger partial charge is 0.124 e. The van der Waals surface area contributed by atoms with Crippen molar-refractivity contribution in [2.75, 3.05) is 13.2 Å². The first-order valence-corrected chi connectivity index (χ1v) is 7.38. The molecule has 2 fully saturated rings. The Labute approximate surface area is 115 Å². The molecule has 0 unspecified atom stereocenters. The van der Waals surface area contributed by atoms with E-state index in [1.54, 1.807) is 0 Å². The zero-order valence-electron chi connectivity index (χ0n) is 11.7. The quantitative estimate of drug-likeness (QED) is 0.884. The average molecular weight is 261 g/mol. The number of aryl methyl sites for hydroxylation is 1. The third-order valence-electron chi connectivity index (χ3n) is 3.84. The summed E-state index contributed by atoms with van der Waals surface area (Å²) in [6.07, 6.45) is 4.97. The van der Waals surface area contributed by atoms with Crippen LogP contribution in [0, 0.1) is 6.92 Å². The van der Waals surface area contributed by atoms with Crippen molar-refractivity contribution in [1.82, 2.24) is 5.32 Å². The molecule has 1 saturated carbocycles. The van der Waals surface area contributed by atoms with Gasteiger partial charge in [-0.3, -0.25) is 0 Å². The van der Waals surface area contributed by atoms with Gasteiger partial charge in [-0.2, -0.15) is 0 Å². The first kappa shape index (κ1) is 12.9. The standard InChI is InChI=1S/C16H23NO2/c1-12-2-5-16(19-15-6-8-18-9-7-15)13(10-12)11-17-14-3-4-14/h2,5,10,14-15,17H,3-4,6-9,11H2,1H3. The van der Waals surface area contributed by atoms with E-state index in [1.165, 1.54) is 24.0 Å². The van der Waals surface area contributed by atoms with E-state index in [9.17, 15) is 0 Å². The van der Waals surface area contributed by atoms with Crippen LogP contribution in [-0.2, 0) is 11.3 Å². The molecule has 2 aliphatic rings. The first-order valence-electron chi connectivity index (χ1n) is 7.38. The molecule has 0 radical (unpaired) electrons. The van der Waals surface area contributed by atoms with Crippen LogP contribution in [0.2, 0.25) is 0 Å². The number of rotatable bonds is 5. The molecule has 1 aliphatic carbocycles. The largest absolute Gasteiger partial charge is 0.490 e. The monoisotopic (exact) mass is 261 g/mol. The lowest BCUT2D eigenvalue weighted by atomic mass is 10.1. The molecular formula is C16H23NO2. The van der Waals surface area contributed by atoms with Gasteiger partial charge in [0.25, 0.3) is 0 Å². The summed E-state index contributed by atoms with van der Waals surface area (Å²) < 4.78 is 11.6. The lowest BCUT2D eigenvalue weighted by Gasteiger charge is -2.24. The minimum absolute atomic E-state index is 0.316. The lowest BCUT2D eigenvalue weighted by Crippen LogP contribution is -2.26. The maximum atomic E-state index is 6.17. The Balaban J connectivity index is 1.66. The van der Waals surface area contributed by atoms with Crippen molar-refractivity contribution in [3.8, 4) is 5.75 Å². The molecule has 0 bridgehead atoms. The van der Waals surface area contributed by atoms with E-state index in [0.29, 0.717) is 6.10 Å². The Bertz CT molecular complexity index is 423. The minimum Gasteiger partial charge on any atom is -0.490 e. The molecule has 3 heteroatoms. The Hall–Kier alpha value is -1.06. The van der Waals surface area contributed by atoms with Crippen LogP contribution in [0.1, 0.15) is 36.8 Å². The molecule has 0 spiro atoms.